The molecule has 0 fully saturated rings. The van der Waals surface area contributed by atoms with E-state index in [0.29, 0.717) is 18.2 Å². The van der Waals surface area contributed by atoms with Crippen LogP contribution in [0.25, 0.3) is 0 Å². The van der Waals surface area contributed by atoms with E-state index in [4.69, 9.17) is 9.52 Å². The van der Waals surface area contributed by atoms with Gasteiger partial charge in [0.05, 0.1) is 6.54 Å². The van der Waals surface area contributed by atoms with Gasteiger partial charge >= 0.3 is 0 Å². The molecule has 1 aromatic carbocycles. The molecule has 0 aliphatic rings. The Morgan fingerprint density at radius 1 is 1.00 bits per heavy atom. The SMILES string of the molecule is CC(C)c1ccc(CNCc2ccc(CO)o2)cc1. The molecule has 0 aliphatic heterocycles. The van der Waals surface area contributed by atoms with Crippen LogP contribution in [-0.2, 0) is 19.7 Å². The standard InChI is InChI=1S/C16H21NO2/c1-12(2)14-5-3-13(4-6-14)9-17-10-15-7-8-16(11-18)19-15/h3-8,12,17-18H,9-11H2,1-2H3. The van der Waals surface area contributed by atoms with Crippen LogP contribution in [0.2, 0.25) is 0 Å². The van der Waals surface area contributed by atoms with Crippen molar-refractivity contribution in [2.45, 2.75) is 39.5 Å². The van der Waals surface area contributed by atoms with Gasteiger partial charge in [-0.05, 0) is 29.2 Å². The first-order chi connectivity index (χ1) is 9.19. The van der Waals surface area contributed by atoms with Gasteiger partial charge < -0.3 is 14.8 Å². The second-order valence-electron chi connectivity index (χ2n) is 5.03. The molecule has 0 saturated heterocycles. The number of aliphatic hydroxyl groups excluding tert-OH is 1. The summed E-state index contributed by atoms with van der Waals surface area (Å²) >= 11 is 0. The molecule has 0 aliphatic carbocycles. The highest BCUT2D eigenvalue weighted by molar-refractivity contribution is 5.24. The van der Waals surface area contributed by atoms with Crippen molar-refractivity contribution in [1.29, 1.82) is 0 Å². The van der Waals surface area contributed by atoms with Crippen molar-refractivity contribution < 1.29 is 9.52 Å². The van der Waals surface area contributed by atoms with Gasteiger partial charge in [0.1, 0.15) is 18.1 Å². The minimum atomic E-state index is -0.0450. The molecule has 0 atom stereocenters. The fraction of sp³-hybridized carbons (Fsp3) is 0.375. The summed E-state index contributed by atoms with van der Waals surface area (Å²) in [5, 5.41) is 12.2. The third-order valence-corrected chi connectivity index (χ3v) is 3.15. The predicted molar refractivity (Wildman–Crippen MR) is 75.7 cm³/mol. The maximum Gasteiger partial charge on any atom is 0.129 e. The Bertz CT molecular complexity index is 500. The smallest absolute Gasteiger partial charge is 0.129 e. The van der Waals surface area contributed by atoms with Crippen molar-refractivity contribution in [1.82, 2.24) is 5.32 Å². The lowest BCUT2D eigenvalue weighted by molar-refractivity contribution is 0.242. The number of benzene rings is 1. The molecule has 3 heteroatoms. The zero-order chi connectivity index (χ0) is 13.7. The summed E-state index contributed by atoms with van der Waals surface area (Å²) in [4.78, 5) is 0. The summed E-state index contributed by atoms with van der Waals surface area (Å²) in [5.74, 6) is 2.03. The maximum absolute atomic E-state index is 8.91. The summed E-state index contributed by atoms with van der Waals surface area (Å²) in [7, 11) is 0. The largest absolute Gasteiger partial charge is 0.462 e. The summed E-state index contributed by atoms with van der Waals surface area (Å²) in [5.41, 5.74) is 2.63. The molecular weight excluding hydrogens is 238 g/mol. The Morgan fingerprint density at radius 2 is 1.68 bits per heavy atom. The van der Waals surface area contributed by atoms with Crippen molar-refractivity contribution in [2.24, 2.45) is 0 Å². The van der Waals surface area contributed by atoms with Crippen molar-refractivity contribution in [3.05, 3.63) is 59.0 Å². The quantitative estimate of drug-likeness (QED) is 0.837. The first kappa shape index (κ1) is 13.8. The van der Waals surface area contributed by atoms with Crippen LogP contribution >= 0.6 is 0 Å². The van der Waals surface area contributed by atoms with E-state index in [0.717, 1.165) is 12.3 Å². The topological polar surface area (TPSA) is 45.4 Å². The highest BCUT2D eigenvalue weighted by Crippen LogP contribution is 2.14. The molecule has 2 aromatic rings. The number of nitrogens with one attached hydrogen (secondary N) is 1. The lowest BCUT2D eigenvalue weighted by Gasteiger charge is -2.07. The van der Waals surface area contributed by atoms with Crippen molar-refractivity contribution in [3.63, 3.8) is 0 Å². The monoisotopic (exact) mass is 259 g/mol. The molecule has 0 bridgehead atoms. The van der Waals surface area contributed by atoms with E-state index in [9.17, 15) is 0 Å². The van der Waals surface area contributed by atoms with Crippen molar-refractivity contribution in [3.8, 4) is 0 Å². The molecule has 2 rings (SSSR count). The maximum atomic E-state index is 8.91. The van der Waals surface area contributed by atoms with E-state index < -0.39 is 0 Å². The molecule has 19 heavy (non-hydrogen) atoms. The first-order valence-electron chi connectivity index (χ1n) is 6.67. The van der Waals surface area contributed by atoms with Gasteiger partial charge in [-0.1, -0.05) is 38.1 Å². The van der Waals surface area contributed by atoms with Crippen LogP contribution < -0.4 is 5.32 Å². The zero-order valence-electron chi connectivity index (χ0n) is 11.5. The van der Waals surface area contributed by atoms with Crippen LogP contribution in [0.15, 0.2) is 40.8 Å². The van der Waals surface area contributed by atoms with E-state index in [1.807, 2.05) is 6.07 Å². The Labute approximate surface area is 114 Å². The zero-order valence-corrected chi connectivity index (χ0v) is 11.5. The highest BCUT2D eigenvalue weighted by Gasteiger charge is 2.01. The van der Waals surface area contributed by atoms with Crippen LogP contribution in [0.4, 0.5) is 0 Å². The molecule has 102 valence electrons. The molecule has 0 saturated carbocycles. The van der Waals surface area contributed by atoms with Gasteiger partial charge in [0.25, 0.3) is 0 Å². The number of hydrogen-bond acceptors (Lipinski definition) is 3. The van der Waals surface area contributed by atoms with E-state index in [2.05, 4.69) is 43.4 Å². The van der Waals surface area contributed by atoms with Gasteiger partial charge in [-0.2, -0.15) is 0 Å². The van der Waals surface area contributed by atoms with Crippen LogP contribution in [0.3, 0.4) is 0 Å². The molecule has 2 N–H and O–H groups in total. The second-order valence-corrected chi connectivity index (χ2v) is 5.03. The minimum absolute atomic E-state index is 0.0450. The minimum Gasteiger partial charge on any atom is -0.462 e. The first-order valence-corrected chi connectivity index (χ1v) is 6.67. The molecule has 0 radical (unpaired) electrons. The van der Waals surface area contributed by atoms with Crippen LogP contribution in [0.1, 0.15) is 42.4 Å². The normalized spacial score (nSPS) is 11.2. The molecule has 3 nitrogen and oxygen atoms in total. The summed E-state index contributed by atoms with van der Waals surface area (Å²) in [6.07, 6.45) is 0. The lowest BCUT2D eigenvalue weighted by Crippen LogP contribution is -2.12. The van der Waals surface area contributed by atoms with Crippen LogP contribution in [-0.4, -0.2) is 5.11 Å². The molecule has 1 heterocycles. The second kappa shape index (κ2) is 6.55. The number of furan rings is 1. The Hall–Kier alpha value is -1.58. The van der Waals surface area contributed by atoms with Gasteiger partial charge in [-0.25, -0.2) is 0 Å². The van der Waals surface area contributed by atoms with E-state index in [1.165, 1.54) is 11.1 Å². The fourth-order valence-electron chi connectivity index (χ4n) is 1.95. The van der Waals surface area contributed by atoms with Gasteiger partial charge in [-0.15, -0.1) is 0 Å². The molecular formula is C16H21NO2. The van der Waals surface area contributed by atoms with Crippen molar-refractivity contribution in [2.75, 3.05) is 0 Å². The van der Waals surface area contributed by atoms with Gasteiger partial charge in [-0.3, -0.25) is 0 Å². The predicted octanol–water partition coefficient (Wildman–Crippen LogP) is 3.19. The van der Waals surface area contributed by atoms with Crippen LogP contribution in [0.5, 0.6) is 0 Å². The number of aliphatic hydroxyl groups is 1. The Balaban J connectivity index is 1.82. The third-order valence-electron chi connectivity index (χ3n) is 3.15. The average Bonchev–Trinajstić information content (AvgIpc) is 2.87. The number of rotatable bonds is 6. The lowest BCUT2D eigenvalue weighted by atomic mass is 10.0. The number of hydrogen-bond donors (Lipinski definition) is 2. The Morgan fingerprint density at radius 3 is 2.26 bits per heavy atom. The average molecular weight is 259 g/mol. The molecule has 0 spiro atoms. The summed E-state index contributed by atoms with van der Waals surface area (Å²) in [6.45, 7) is 5.84. The van der Waals surface area contributed by atoms with E-state index in [-0.39, 0.29) is 6.61 Å². The van der Waals surface area contributed by atoms with E-state index >= 15 is 0 Å². The van der Waals surface area contributed by atoms with Gasteiger partial charge in [0.2, 0.25) is 0 Å². The van der Waals surface area contributed by atoms with Crippen molar-refractivity contribution >= 4 is 0 Å². The van der Waals surface area contributed by atoms with E-state index in [1.54, 1.807) is 6.07 Å². The molecule has 0 amide bonds. The third kappa shape index (κ3) is 3.94. The van der Waals surface area contributed by atoms with Gasteiger partial charge in [0.15, 0.2) is 0 Å². The molecule has 1 aromatic heterocycles. The summed E-state index contributed by atoms with van der Waals surface area (Å²) < 4.78 is 5.41. The fourth-order valence-corrected chi connectivity index (χ4v) is 1.95. The Kier molecular flexibility index (Phi) is 4.77. The highest BCUT2D eigenvalue weighted by atomic mass is 16.4. The molecule has 0 unspecified atom stereocenters. The van der Waals surface area contributed by atoms with Crippen LogP contribution in [0, 0.1) is 0 Å². The van der Waals surface area contributed by atoms with Gasteiger partial charge in [0, 0.05) is 6.54 Å². The summed E-state index contributed by atoms with van der Waals surface area (Å²) in [6, 6.07) is 12.4.